The van der Waals surface area contributed by atoms with E-state index in [1.165, 1.54) is 0 Å². The zero-order valence-corrected chi connectivity index (χ0v) is 10.3. The number of benzene rings is 1. The van der Waals surface area contributed by atoms with Crippen molar-refractivity contribution in [3.63, 3.8) is 0 Å². The second-order valence-electron chi connectivity index (χ2n) is 4.15. The van der Waals surface area contributed by atoms with Crippen LogP contribution >= 0.6 is 0 Å². The number of rotatable bonds is 3. The molecule has 0 saturated carbocycles. The van der Waals surface area contributed by atoms with Crippen LogP contribution in [0.4, 0.5) is 0 Å². The predicted molar refractivity (Wildman–Crippen MR) is 73.9 cm³/mol. The van der Waals surface area contributed by atoms with E-state index in [1.54, 1.807) is 18.5 Å². The smallest absolute Gasteiger partial charge is 0.146 e. The Morgan fingerprint density at radius 3 is 2.79 bits per heavy atom. The lowest BCUT2D eigenvalue weighted by Gasteiger charge is -2.07. The Kier molecular flexibility index (Phi) is 3.08. The Morgan fingerprint density at radius 1 is 1.00 bits per heavy atom. The molecule has 2 heterocycles. The summed E-state index contributed by atoms with van der Waals surface area (Å²) in [5, 5.41) is 1.05. The van der Waals surface area contributed by atoms with Gasteiger partial charge in [-0.25, -0.2) is 0 Å². The fourth-order valence-corrected chi connectivity index (χ4v) is 1.87. The summed E-state index contributed by atoms with van der Waals surface area (Å²) in [5.41, 5.74) is 7.30. The van der Waals surface area contributed by atoms with Gasteiger partial charge in [-0.05, 0) is 18.2 Å². The lowest BCUT2D eigenvalue weighted by molar-refractivity contribution is 0.479. The molecule has 0 fully saturated rings. The fraction of sp³-hybridized carbons (Fsp3) is 0.0667. The molecule has 3 aromatic rings. The Balaban J connectivity index is 1.92. The maximum atomic E-state index is 5.77. The standard InChI is InChI=1S/C15H13N3O/c16-9-12-8-13(5-6-17-12)19-14-7-11-3-1-2-4-15(11)18-10-14/h1-8,10H,9,16H2. The lowest BCUT2D eigenvalue weighted by atomic mass is 10.2. The van der Waals surface area contributed by atoms with Gasteiger partial charge in [0.25, 0.3) is 0 Å². The molecule has 19 heavy (non-hydrogen) atoms. The summed E-state index contributed by atoms with van der Waals surface area (Å²) in [4.78, 5) is 8.48. The molecule has 2 aromatic heterocycles. The largest absolute Gasteiger partial charge is 0.456 e. The van der Waals surface area contributed by atoms with Crippen LogP contribution in [0.2, 0.25) is 0 Å². The van der Waals surface area contributed by atoms with Crippen molar-refractivity contribution in [3.8, 4) is 11.5 Å². The lowest BCUT2D eigenvalue weighted by Crippen LogP contribution is -1.99. The highest BCUT2D eigenvalue weighted by molar-refractivity contribution is 5.79. The van der Waals surface area contributed by atoms with Crippen molar-refractivity contribution >= 4 is 10.9 Å². The average molecular weight is 251 g/mol. The predicted octanol–water partition coefficient (Wildman–Crippen LogP) is 2.88. The third kappa shape index (κ3) is 2.53. The van der Waals surface area contributed by atoms with Crippen molar-refractivity contribution in [2.24, 2.45) is 5.73 Å². The minimum atomic E-state index is 0.396. The molecule has 0 atom stereocenters. The van der Waals surface area contributed by atoms with Gasteiger partial charge in [-0.3, -0.25) is 9.97 Å². The van der Waals surface area contributed by atoms with Gasteiger partial charge in [0.15, 0.2) is 0 Å². The Labute approximate surface area is 110 Å². The summed E-state index contributed by atoms with van der Waals surface area (Å²) in [6, 6.07) is 13.5. The third-order valence-electron chi connectivity index (χ3n) is 2.80. The van der Waals surface area contributed by atoms with Crippen molar-refractivity contribution in [3.05, 3.63) is 60.6 Å². The second-order valence-corrected chi connectivity index (χ2v) is 4.15. The average Bonchev–Trinajstić information content (AvgIpc) is 2.47. The summed E-state index contributed by atoms with van der Waals surface area (Å²) in [6.45, 7) is 0.396. The van der Waals surface area contributed by atoms with Crippen LogP contribution in [0.3, 0.4) is 0 Å². The van der Waals surface area contributed by atoms with Crippen molar-refractivity contribution in [2.45, 2.75) is 6.54 Å². The highest BCUT2D eigenvalue weighted by Crippen LogP contribution is 2.23. The number of hydrogen-bond acceptors (Lipinski definition) is 4. The van der Waals surface area contributed by atoms with Crippen LogP contribution < -0.4 is 10.5 Å². The van der Waals surface area contributed by atoms with E-state index in [2.05, 4.69) is 9.97 Å². The summed E-state index contributed by atoms with van der Waals surface area (Å²) in [6.07, 6.45) is 3.40. The molecule has 0 spiro atoms. The van der Waals surface area contributed by atoms with E-state index >= 15 is 0 Å². The molecular weight excluding hydrogens is 238 g/mol. The molecule has 3 rings (SSSR count). The molecule has 0 saturated heterocycles. The maximum absolute atomic E-state index is 5.77. The molecule has 0 unspecified atom stereocenters. The normalized spacial score (nSPS) is 10.6. The monoisotopic (exact) mass is 251 g/mol. The van der Waals surface area contributed by atoms with Crippen LogP contribution in [0.15, 0.2) is 54.9 Å². The molecule has 0 aliphatic rings. The molecule has 0 radical (unpaired) electrons. The van der Waals surface area contributed by atoms with E-state index in [9.17, 15) is 0 Å². The number of nitrogens with two attached hydrogens (primary N) is 1. The minimum absolute atomic E-state index is 0.396. The molecule has 2 N–H and O–H groups in total. The summed E-state index contributed by atoms with van der Waals surface area (Å²) in [7, 11) is 0. The van der Waals surface area contributed by atoms with Gasteiger partial charge in [0.1, 0.15) is 11.5 Å². The third-order valence-corrected chi connectivity index (χ3v) is 2.80. The molecule has 4 nitrogen and oxygen atoms in total. The van der Waals surface area contributed by atoms with Gasteiger partial charge in [-0.2, -0.15) is 0 Å². The van der Waals surface area contributed by atoms with Crippen molar-refractivity contribution in [1.82, 2.24) is 9.97 Å². The first-order valence-corrected chi connectivity index (χ1v) is 6.03. The Hall–Kier alpha value is -2.46. The molecule has 1 aromatic carbocycles. The molecule has 0 bridgehead atoms. The van der Waals surface area contributed by atoms with Crippen LogP contribution in [-0.4, -0.2) is 9.97 Å². The van der Waals surface area contributed by atoms with Gasteiger partial charge in [0.2, 0.25) is 0 Å². The van der Waals surface area contributed by atoms with Gasteiger partial charge in [-0.1, -0.05) is 18.2 Å². The van der Waals surface area contributed by atoms with Crippen LogP contribution in [0.5, 0.6) is 11.5 Å². The number of nitrogens with zero attached hydrogens (tertiary/aromatic N) is 2. The first-order chi connectivity index (χ1) is 9.35. The van der Waals surface area contributed by atoms with E-state index in [1.807, 2.05) is 36.4 Å². The van der Waals surface area contributed by atoms with Crippen LogP contribution in [-0.2, 0) is 6.54 Å². The summed E-state index contributed by atoms with van der Waals surface area (Å²) >= 11 is 0. The van der Waals surface area contributed by atoms with Crippen molar-refractivity contribution in [1.29, 1.82) is 0 Å². The van der Waals surface area contributed by atoms with Gasteiger partial charge >= 0.3 is 0 Å². The number of hydrogen-bond donors (Lipinski definition) is 1. The molecular formula is C15H13N3O. The fourth-order valence-electron chi connectivity index (χ4n) is 1.87. The number of ether oxygens (including phenoxy) is 1. The van der Waals surface area contributed by atoms with E-state index < -0.39 is 0 Å². The SMILES string of the molecule is NCc1cc(Oc2cnc3ccccc3c2)ccn1. The summed E-state index contributed by atoms with van der Waals surface area (Å²) in [5.74, 6) is 1.42. The van der Waals surface area contributed by atoms with Gasteiger partial charge in [0, 0.05) is 24.2 Å². The zero-order chi connectivity index (χ0) is 13.1. The number of aromatic nitrogens is 2. The molecule has 94 valence electrons. The number of fused-ring (bicyclic) bond motifs is 1. The van der Waals surface area contributed by atoms with Crippen molar-refractivity contribution in [2.75, 3.05) is 0 Å². The number of para-hydroxylation sites is 1. The minimum Gasteiger partial charge on any atom is -0.456 e. The topological polar surface area (TPSA) is 61.0 Å². The molecule has 0 aliphatic carbocycles. The highest BCUT2D eigenvalue weighted by atomic mass is 16.5. The highest BCUT2D eigenvalue weighted by Gasteiger charge is 2.01. The van der Waals surface area contributed by atoms with Gasteiger partial charge in [-0.15, -0.1) is 0 Å². The second kappa shape index (κ2) is 5.04. The summed E-state index contributed by atoms with van der Waals surface area (Å²) < 4.78 is 5.77. The van der Waals surface area contributed by atoms with E-state index in [4.69, 9.17) is 10.5 Å². The number of pyridine rings is 2. The molecule has 4 heteroatoms. The quantitative estimate of drug-likeness (QED) is 0.777. The van der Waals surface area contributed by atoms with Crippen LogP contribution in [0.1, 0.15) is 5.69 Å². The molecule has 0 aliphatic heterocycles. The van der Waals surface area contributed by atoms with E-state index in [0.717, 1.165) is 16.6 Å². The van der Waals surface area contributed by atoms with Crippen LogP contribution in [0, 0.1) is 0 Å². The van der Waals surface area contributed by atoms with E-state index in [0.29, 0.717) is 18.0 Å². The Bertz CT molecular complexity index is 712. The molecule has 0 amide bonds. The first-order valence-electron chi connectivity index (χ1n) is 6.03. The van der Waals surface area contributed by atoms with Gasteiger partial charge < -0.3 is 10.5 Å². The van der Waals surface area contributed by atoms with Crippen molar-refractivity contribution < 1.29 is 4.74 Å². The zero-order valence-electron chi connectivity index (χ0n) is 10.3. The maximum Gasteiger partial charge on any atom is 0.146 e. The Morgan fingerprint density at radius 2 is 1.89 bits per heavy atom. The van der Waals surface area contributed by atoms with E-state index in [-0.39, 0.29) is 0 Å². The first kappa shape index (κ1) is 11.6. The van der Waals surface area contributed by atoms with Crippen LogP contribution in [0.25, 0.3) is 10.9 Å². The van der Waals surface area contributed by atoms with Gasteiger partial charge in [0.05, 0.1) is 17.4 Å².